The first kappa shape index (κ1) is 18.9. The normalized spacial score (nSPS) is 20.3. The zero-order chi connectivity index (χ0) is 17.0. The minimum atomic E-state index is -3.64. The second-order valence-electron chi connectivity index (χ2n) is 6.52. The van der Waals surface area contributed by atoms with Crippen molar-refractivity contribution in [3.8, 4) is 0 Å². The Morgan fingerprint density at radius 2 is 1.83 bits per heavy atom. The van der Waals surface area contributed by atoms with E-state index < -0.39 is 22.2 Å². The minimum absolute atomic E-state index is 0.0795. The molecule has 0 aromatic heterocycles. The number of benzene rings is 1. The average molecular weight is 404 g/mol. The number of halogens is 1. The van der Waals surface area contributed by atoms with Gasteiger partial charge in [-0.25, -0.2) is 13.1 Å². The molecule has 1 fully saturated rings. The van der Waals surface area contributed by atoms with E-state index in [9.17, 15) is 13.5 Å². The maximum atomic E-state index is 12.7. The number of aliphatic hydroxyl groups is 1. The Morgan fingerprint density at radius 1 is 1.26 bits per heavy atom. The lowest BCUT2D eigenvalue weighted by molar-refractivity contribution is 0.0587. The van der Waals surface area contributed by atoms with Crippen molar-refractivity contribution in [2.75, 3.05) is 0 Å². The highest BCUT2D eigenvalue weighted by Gasteiger charge is 2.35. The van der Waals surface area contributed by atoms with Gasteiger partial charge in [0.15, 0.2) is 0 Å². The van der Waals surface area contributed by atoms with Gasteiger partial charge in [0, 0.05) is 4.47 Å². The van der Waals surface area contributed by atoms with E-state index in [1.807, 2.05) is 13.8 Å². The standard InChI is InChI=1S/C17H26BrNO3S/c1-3-12(2)16(17(20)13-6-4-5-7-13)19-23(21,22)15-10-8-14(18)9-11-15/h8-13,16-17,19-20H,3-7H2,1-2H3/t12-,16-,17?/m0/s1. The molecular formula is C17H26BrNO3S. The maximum Gasteiger partial charge on any atom is 0.240 e. The Kier molecular flexibility index (Phi) is 6.66. The lowest BCUT2D eigenvalue weighted by atomic mass is 9.87. The van der Waals surface area contributed by atoms with Crippen LogP contribution in [0, 0.1) is 11.8 Å². The summed E-state index contributed by atoms with van der Waals surface area (Å²) < 4.78 is 28.9. The van der Waals surface area contributed by atoms with Gasteiger partial charge in [-0.2, -0.15) is 0 Å². The van der Waals surface area contributed by atoms with E-state index in [1.165, 1.54) is 0 Å². The Balaban J connectivity index is 2.20. The van der Waals surface area contributed by atoms with Gasteiger partial charge in [0.1, 0.15) is 0 Å². The molecular weight excluding hydrogens is 378 g/mol. The Labute approximate surface area is 147 Å². The van der Waals surface area contributed by atoms with Gasteiger partial charge in [-0.3, -0.25) is 0 Å². The summed E-state index contributed by atoms with van der Waals surface area (Å²) in [7, 11) is -3.64. The van der Waals surface area contributed by atoms with Crippen molar-refractivity contribution >= 4 is 26.0 Å². The fourth-order valence-corrected chi connectivity index (χ4v) is 4.85. The molecule has 2 N–H and O–H groups in total. The number of aliphatic hydroxyl groups excluding tert-OH is 1. The predicted octanol–water partition coefficient (Wildman–Crippen LogP) is 3.69. The molecule has 23 heavy (non-hydrogen) atoms. The van der Waals surface area contributed by atoms with E-state index in [0.717, 1.165) is 36.6 Å². The van der Waals surface area contributed by atoms with Gasteiger partial charge >= 0.3 is 0 Å². The maximum absolute atomic E-state index is 12.7. The molecule has 0 radical (unpaired) electrons. The fraction of sp³-hybridized carbons (Fsp3) is 0.647. The summed E-state index contributed by atoms with van der Waals surface area (Å²) in [6.45, 7) is 4.01. The van der Waals surface area contributed by atoms with Crippen molar-refractivity contribution in [2.24, 2.45) is 11.8 Å². The topological polar surface area (TPSA) is 66.4 Å². The molecule has 1 aromatic carbocycles. The summed E-state index contributed by atoms with van der Waals surface area (Å²) in [6, 6.07) is 6.11. The molecule has 0 bridgehead atoms. The molecule has 1 aliphatic carbocycles. The molecule has 0 spiro atoms. The van der Waals surface area contributed by atoms with Crippen LogP contribution in [0.1, 0.15) is 46.0 Å². The summed E-state index contributed by atoms with van der Waals surface area (Å²) in [5.74, 6) is 0.275. The van der Waals surface area contributed by atoms with E-state index in [1.54, 1.807) is 24.3 Å². The van der Waals surface area contributed by atoms with Crippen LogP contribution < -0.4 is 4.72 Å². The molecule has 0 heterocycles. The SMILES string of the molecule is CC[C@H](C)[C@H](NS(=O)(=O)c1ccc(Br)cc1)C(O)C1CCCC1. The van der Waals surface area contributed by atoms with Gasteiger partial charge in [0.05, 0.1) is 17.0 Å². The smallest absolute Gasteiger partial charge is 0.240 e. The van der Waals surface area contributed by atoms with Crippen molar-refractivity contribution in [3.05, 3.63) is 28.7 Å². The number of hydrogen-bond acceptors (Lipinski definition) is 3. The molecule has 3 atom stereocenters. The number of hydrogen-bond donors (Lipinski definition) is 2. The lowest BCUT2D eigenvalue weighted by Crippen LogP contribution is -2.49. The van der Waals surface area contributed by atoms with Gasteiger partial charge in [-0.15, -0.1) is 0 Å². The first-order chi connectivity index (χ1) is 10.8. The Morgan fingerprint density at radius 3 is 2.35 bits per heavy atom. The Hall–Kier alpha value is -0.430. The van der Waals surface area contributed by atoms with E-state index in [2.05, 4.69) is 20.7 Å². The van der Waals surface area contributed by atoms with Crippen LogP contribution in [0.5, 0.6) is 0 Å². The van der Waals surface area contributed by atoms with Gasteiger partial charge in [0.2, 0.25) is 10.0 Å². The van der Waals surface area contributed by atoms with Crippen LogP contribution >= 0.6 is 15.9 Å². The number of sulfonamides is 1. The average Bonchev–Trinajstić information content (AvgIpc) is 3.06. The number of rotatable bonds is 7. The molecule has 1 aromatic rings. The highest BCUT2D eigenvalue weighted by Crippen LogP contribution is 2.31. The van der Waals surface area contributed by atoms with Crippen molar-refractivity contribution in [1.82, 2.24) is 4.72 Å². The van der Waals surface area contributed by atoms with E-state index in [4.69, 9.17) is 0 Å². The van der Waals surface area contributed by atoms with Crippen LogP contribution in [0.15, 0.2) is 33.6 Å². The van der Waals surface area contributed by atoms with E-state index in [-0.39, 0.29) is 16.7 Å². The quantitative estimate of drug-likeness (QED) is 0.729. The van der Waals surface area contributed by atoms with Crippen LogP contribution in [0.2, 0.25) is 0 Å². The monoisotopic (exact) mass is 403 g/mol. The summed E-state index contributed by atoms with van der Waals surface area (Å²) in [5.41, 5.74) is 0. The van der Waals surface area contributed by atoms with Crippen molar-refractivity contribution in [1.29, 1.82) is 0 Å². The zero-order valence-electron chi connectivity index (χ0n) is 13.7. The first-order valence-electron chi connectivity index (χ1n) is 8.31. The molecule has 1 aliphatic rings. The second-order valence-corrected chi connectivity index (χ2v) is 9.15. The van der Waals surface area contributed by atoms with Crippen LogP contribution in [0.3, 0.4) is 0 Å². The van der Waals surface area contributed by atoms with Gasteiger partial charge in [0.25, 0.3) is 0 Å². The minimum Gasteiger partial charge on any atom is -0.391 e. The third-order valence-corrected chi connectivity index (χ3v) is 6.93. The van der Waals surface area contributed by atoms with Crippen molar-refractivity contribution < 1.29 is 13.5 Å². The van der Waals surface area contributed by atoms with Crippen molar-refractivity contribution in [2.45, 2.75) is 63.0 Å². The molecule has 6 heteroatoms. The third-order valence-electron chi connectivity index (χ3n) is 4.92. The predicted molar refractivity (Wildman–Crippen MR) is 95.7 cm³/mol. The molecule has 2 rings (SSSR count). The molecule has 0 amide bonds. The van der Waals surface area contributed by atoms with Crippen LogP contribution in [-0.2, 0) is 10.0 Å². The molecule has 0 saturated heterocycles. The van der Waals surface area contributed by atoms with Crippen LogP contribution in [0.25, 0.3) is 0 Å². The lowest BCUT2D eigenvalue weighted by Gasteiger charge is -2.32. The molecule has 0 aliphatic heterocycles. The zero-order valence-corrected chi connectivity index (χ0v) is 16.1. The molecule has 1 unspecified atom stereocenters. The summed E-state index contributed by atoms with van der Waals surface area (Å²) in [5, 5.41) is 10.7. The van der Waals surface area contributed by atoms with Crippen molar-refractivity contribution in [3.63, 3.8) is 0 Å². The van der Waals surface area contributed by atoms with Gasteiger partial charge in [-0.05, 0) is 48.9 Å². The van der Waals surface area contributed by atoms with Gasteiger partial charge < -0.3 is 5.11 Å². The van der Waals surface area contributed by atoms with Crippen LogP contribution in [-0.4, -0.2) is 25.7 Å². The van der Waals surface area contributed by atoms with E-state index >= 15 is 0 Å². The number of nitrogens with one attached hydrogen (secondary N) is 1. The largest absolute Gasteiger partial charge is 0.391 e. The molecule has 130 valence electrons. The Bertz CT molecular complexity index is 597. The first-order valence-corrected chi connectivity index (χ1v) is 10.6. The summed E-state index contributed by atoms with van der Waals surface area (Å²) in [6.07, 6.45) is 4.39. The second kappa shape index (κ2) is 8.10. The highest BCUT2D eigenvalue weighted by atomic mass is 79.9. The molecule has 1 saturated carbocycles. The fourth-order valence-electron chi connectivity index (χ4n) is 3.23. The van der Waals surface area contributed by atoms with E-state index in [0.29, 0.717) is 0 Å². The van der Waals surface area contributed by atoms with Crippen LogP contribution in [0.4, 0.5) is 0 Å². The summed E-state index contributed by atoms with van der Waals surface area (Å²) in [4.78, 5) is 0.229. The highest BCUT2D eigenvalue weighted by molar-refractivity contribution is 9.10. The summed E-state index contributed by atoms with van der Waals surface area (Å²) >= 11 is 3.31. The third kappa shape index (κ3) is 4.78. The molecule has 4 nitrogen and oxygen atoms in total. The van der Waals surface area contributed by atoms with Gasteiger partial charge in [-0.1, -0.05) is 49.0 Å².